The molecule has 1 unspecified atom stereocenters. The van der Waals surface area contributed by atoms with E-state index in [0.717, 1.165) is 17.1 Å². The number of anilines is 1. The van der Waals surface area contributed by atoms with Gasteiger partial charge < -0.3 is 5.32 Å². The number of halogens is 1. The fourth-order valence-electron chi connectivity index (χ4n) is 2.90. The standard InChI is InChI=1S/C16H17ClN2/c1-16(2)9-11-5-3-4-6-12(11)15(16)19-14-10-18-8-7-13(14)17/h3-8,10,15,19H,9H2,1-2H3. The predicted molar refractivity (Wildman–Crippen MR) is 79.5 cm³/mol. The largest absolute Gasteiger partial charge is 0.375 e. The van der Waals surface area contributed by atoms with Crippen molar-refractivity contribution < 1.29 is 0 Å². The van der Waals surface area contributed by atoms with E-state index in [1.165, 1.54) is 11.1 Å². The number of nitrogens with zero attached hydrogens (tertiary/aromatic N) is 1. The smallest absolute Gasteiger partial charge is 0.0721 e. The highest BCUT2D eigenvalue weighted by Crippen LogP contribution is 2.47. The lowest BCUT2D eigenvalue weighted by Gasteiger charge is -2.29. The van der Waals surface area contributed by atoms with Crippen LogP contribution in [0.15, 0.2) is 42.7 Å². The molecule has 0 aliphatic heterocycles. The molecule has 2 aromatic rings. The molecule has 1 N–H and O–H groups in total. The molecule has 3 heteroatoms. The van der Waals surface area contributed by atoms with Gasteiger partial charge in [-0.05, 0) is 29.0 Å². The summed E-state index contributed by atoms with van der Waals surface area (Å²) in [5, 5.41) is 4.28. The van der Waals surface area contributed by atoms with Crippen molar-refractivity contribution in [2.24, 2.45) is 5.41 Å². The second kappa shape index (κ2) is 4.53. The van der Waals surface area contributed by atoms with Crippen LogP contribution in [-0.2, 0) is 6.42 Å². The molecule has 98 valence electrons. The molecule has 0 radical (unpaired) electrons. The number of aromatic nitrogens is 1. The Morgan fingerprint density at radius 2 is 2.05 bits per heavy atom. The van der Waals surface area contributed by atoms with E-state index in [1.807, 2.05) is 6.07 Å². The SMILES string of the molecule is CC1(C)Cc2ccccc2C1Nc1cnccc1Cl. The van der Waals surface area contributed by atoms with Crippen molar-refractivity contribution in [2.75, 3.05) is 5.32 Å². The van der Waals surface area contributed by atoms with Gasteiger partial charge in [0.15, 0.2) is 0 Å². The molecular formula is C16H17ClN2. The fraction of sp³-hybridized carbons (Fsp3) is 0.312. The molecule has 0 bridgehead atoms. The van der Waals surface area contributed by atoms with E-state index >= 15 is 0 Å². The number of fused-ring (bicyclic) bond motifs is 1. The van der Waals surface area contributed by atoms with Gasteiger partial charge in [-0.15, -0.1) is 0 Å². The zero-order valence-electron chi connectivity index (χ0n) is 11.2. The summed E-state index contributed by atoms with van der Waals surface area (Å²) in [6.07, 6.45) is 4.58. The van der Waals surface area contributed by atoms with Crippen LogP contribution in [0.4, 0.5) is 5.69 Å². The van der Waals surface area contributed by atoms with E-state index in [4.69, 9.17) is 11.6 Å². The number of hydrogen-bond donors (Lipinski definition) is 1. The van der Waals surface area contributed by atoms with Gasteiger partial charge in [-0.25, -0.2) is 0 Å². The molecule has 1 aromatic carbocycles. The van der Waals surface area contributed by atoms with Crippen molar-refractivity contribution >= 4 is 17.3 Å². The minimum absolute atomic E-state index is 0.170. The fourth-order valence-corrected chi connectivity index (χ4v) is 3.06. The molecule has 2 nitrogen and oxygen atoms in total. The molecule has 1 aliphatic rings. The van der Waals surface area contributed by atoms with Gasteiger partial charge >= 0.3 is 0 Å². The lowest BCUT2D eigenvalue weighted by Crippen LogP contribution is -2.24. The first-order chi connectivity index (χ1) is 9.08. The topological polar surface area (TPSA) is 24.9 Å². The van der Waals surface area contributed by atoms with Gasteiger partial charge in [0.05, 0.1) is 22.9 Å². The van der Waals surface area contributed by atoms with Crippen molar-refractivity contribution in [1.82, 2.24) is 4.98 Å². The third-order valence-corrected chi connectivity index (χ3v) is 4.19. The summed E-state index contributed by atoms with van der Waals surface area (Å²) in [6, 6.07) is 10.7. The maximum atomic E-state index is 6.22. The van der Waals surface area contributed by atoms with Crippen molar-refractivity contribution in [3.63, 3.8) is 0 Å². The normalized spacial score (nSPS) is 20.1. The molecule has 0 saturated heterocycles. The molecule has 1 aliphatic carbocycles. The van der Waals surface area contributed by atoms with Gasteiger partial charge in [0.1, 0.15) is 0 Å². The third-order valence-electron chi connectivity index (χ3n) is 3.86. The first-order valence-electron chi connectivity index (χ1n) is 6.52. The molecule has 1 heterocycles. The van der Waals surface area contributed by atoms with E-state index in [-0.39, 0.29) is 11.5 Å². The Balaban J connectivity index is 1.98. The first-order valence-corrected chi connectivity index (χ1v) is 6.89. The van der Waals surface area contributed by atoms with Gasteiger partial charge in [-0.2, -0.15) is 0 Å². The van der Waals surface area contributed by atoms with Crippen LogP contribution < -0.4 is 5.32 Å². The third kappa shape index (κ3) is 2.21. The molecule has 1 aromatic heterocycles. The summed E-state index contributed by atoms with van der Waals surface area (Å²) in [5.74, 6) is 0. The molecule has 1 atom stereocenters. The van der Waals surface area contributed by atoms with Crippen LogP contribution in [0.1, 0.15) is 31.0 Å². The van der Waals surface area contributed by atoms with Gasteiger partial charge in [-0.1, -0.05) is 49.7 Å². The second-order valence-corrected chi connectivity index (χ2v) is 6.20. The summed E-state index contributed by atoms with van der Waals surface area (Å²) >= 11 is 6.22. The quantitative estimate of drug-likeness (QED) is 0.872. The van der Waals surface area contributed by atoms with Crippen LogP contribution in [0.25, 0.3) is 0 Å². The van der Waals surface area contributed by atoms with Gasteiger partial charge in [0.2, 0.25) is 0 Å². The average Bonchev–Trinajstić information content (AvgIpc) is 2.63. The minimum atomic E-state index is 0.170. The van der Waals surface area contributed by atoms with Crippen LogP contribution in [0.3, 0.4) is 0 Å². The first kappa shape index (κ1) is 12.5. The summed E-state index contributed by atoms with van der Waals surface area (Å²) in [4.78, 5) is 4.14. The Labute approximate surface area is 118 Å². The van der Waals surface area contributed by atoms with Crippen molar-refractivity contribution in [3.05, 3.63) is 58.9 Å². The Morgan fingerprint density at radius 1 is 1.26 bits per heavy atom. The van der Waals surface area contributed by atoms with Gasteiger partial charge in [0, 0.05) is 6.20 Å². The Morgan fingerprint density at radius 3 is 2.84 bits per heavy atom. The Bertz CT molecular complexity index is 607. The zero-order valence-corrected chi connectivity index (χ0v) is 11.9. The van der Waals surface area contributed by atoms with Crippen LogP contribution in [0.2, 0.25) is 5.02 Å². The number of rotatable bonds is 2. The van der Waals surface area contributed by atoms with Crippen molar-refractivity contribution in [1.29, 1.82) is 0 Å². The van der Waals surface area contributed by atoms with Crippen molar-refractivity contribution in [3.8, 4) is 0 Å². The second-order valence-electron chi connectivity index (χ2n) is 5.80. The van der Waals surface area contributed by atoms with Gasteiger partial charge in [0.25, 0.3) is 0 Å². The molecule has 0 spiro atoms. The molecular weight excluding hydrogens is 256 g/mol. The lowest BCUT2D eigenvalue weighted by atomic mass is 9.85. The monoisotopic (exact) mass is 272 g/mol. The maximum absolute atomic E-state index is 6.22. The highest BCUT2D eigenvalue weighted by atomic mass is 35.5. The van der Waals surface area contributed by atoms with Gasteiger partial charge in [-0.3, -0.25) is 4.98 Å². The minimum Gasteiger partial charge on any atom is -0.375 e. The van der Waals surface area contributed by atoms with E-state index in [0.29, 0.717) is 0 Å². The number of hydrogen-bond acceptors (Lipinski definition) is 2. The number of benzene rings is 1. The Kier molecular flexibility index (Phi) is 2.98. The van der Waals surface area contributed by atoms with E-state index in [2.05, 4.69) is 48.4 Å². The summed E-state index contributed by atoms with van der Waals surface area (Å²) < 4.78 is 0. The molecule has 0 fully saturated rings. The van der Waals surface area contributed by atoms with E-state index in [1.54, 1.807) is 12.4 Å². The maximum Gasteiger partial charge on any atom is 0.0721 e. The summed E-state index contributed by atoms with van der Waals surface area (Å²) in [7, 11) is 0. The van der Waals surface area contributed by atoms with Crippen LogP contribution in [-0.4, -0.2) is 4.98 Å². The van der Waals surface area contributed by atoms with Crippen molar-refractivity contribution in [2.45, 2.75) is 26.3 Å². The summed E-state index contributed by atoms with van der Waals surface area (Å²) in [6.45, 7) is 4.57. The number of nitrogens with one attached hydrogen (secondary N) is 1. The summed E-state index contributed by atoms with van der Waals surface area (Å²) in [5.41, 5.74) is 3.86. The highest BCUT2D eigenvalue weighted by molar-refractivity contribution is 6.33. The Hall–Kier alpha value is -1.54. The predicted octanol–water partition coefficient (Wildman–Crippen LogP) is 4.47. The number of pyridine rings is 1. The molecule has 0 amide bonds. The molecule has 0 saturated carbocycles. The zero-order chi connectivity index (χ0) is 13.5. The van der Waals surface area contributed by atoms with Crippen LogP contribution in [0.5, 0.6) is 0 Å². The van der Waals surface area contributed by atoms with Crippen LogP contribution in [0, 0.1) is 5.41 Å². The van der Waals surface area contributed by atoms with Crippen LogP contribution >= 0.6 is 11.6 Å². The average molecular weight is 273 g/mol. The lowest BCUT2D eigenvalue weighted by molar-refractivity contribution is 0.337. The molecule has 3 rings (SSSR count). The van der Waals surface area contributed by atoms with E-state index < -0.39 is 0 Å². The highest BCUT2D eigenvalue weighted by Gasteiger charge is 2.38. The van der Waals surface area contributed by atoms with E-state index in [9.17, 15) is 0 Å². The molecule has 19 heavy (non-hydrogen) atoms.